The monoisotopic (exact) mass is 344 g/mol. The Morgan fingerprint density at radius 1 is 1.16 bits per heavy atom. The summed E-state index contributed by atoms with van der Waals surface area (Å²) in [7, 11) is 0. The smallest absolute Gasteiger partial charge is 0.311 e. The third-order valence-electron chi connectivity index (χ3n) is 5.58. The zero-order valence-electron chi connectivity index (χ0n) is 15.1. The molecular weight excluding hydrogens is 316 g/mol. The highest BCUT2D eigenvalue weighted by Crippen LogP contribution is 2.37. The molecule has 1 aromatic rings. The van der Waals surface area contributed by atoms with E-state index in [1.54, 1.807) is 4.90 Å². The number of fused-ring (bicyclic) bond motifs is 1. The van der Waals surface area contributed by atoms with Crippen LogP contribution < -0.4 is 5.32 Å². The molecule has 4 unspecified atom stereocenters. The Labute approximate surface area is 149 Å². The lowest BCUT2D eigenvalue weighted by Crippen LogP contribution is -2.50. The van der Waals surface area contributed by atoms with Crippen LogP contribution >= 0.6 is 0 Å². The second-order valence-corrected chi connectivity index (χ2v) is 7.73. The molecule has 2 N–H and O–H groups in total. The minimum Gasteiger partial charge on any atom is -0.396 e. The molecular formula is C20H28N2O3. The predicted molar refractivity (Wildman–Crippen MR) is 95.9 cm³/mol. The Morgan fingerprint density at radius 3 is 2.60 bits per heavy atom. The van der Waals surface area contributed by atoms with Gasteiger partial charge in [-0.15, -0.1) is 0 Å². The number of carbonyl (C=O) groups is 2. The van der Waals surface area contributed by atoms with Crippen molar-refractivity contribution in [3.63, 3.8) is 0 Å². The number of hydrogen-bond donors (Lipinski definition) is 2. The maximum atomic E-state index is 12.6. The Balaban J connectivity index is 1.68. The fraction of sp³-hybridized carbons (Fsp3) is 0.600. The maximum Gasteiger partial charge on any atom is 0.311 e. The van der Waals surface area contributed by atoms with Crippen LogP contribution in [0.3, 0.4) is 0 Å². The van der Waals surface area contributed by atoms with Crippen molar-refractivity contribution < 1.29 is 14.7 Å². The molecule has 3 rings (SSSR count). The highest BCUT2D eigenvalue weighted by Gasteiger charge is 2.33. The average molecular weight is 344 g/mol. The summed E-state index contributed by atoms with van der Waals surface area (Å²) in [6, 6.07) is 8.06. The van der Waals surface area contributed by atoms with Crippen LogP contribution in [0.4, 0.5) is 0 Å². The van der Waals surface area contributed by atoms with Gasteiger partial charge in [-0.2, -0.15) is 0 Å². The summed E-state index contributed by atoms with van der Waals surface area (Å²) in [6.45, 7) is 5.36. The van der Waals surface area contributed by atoms with Crippen LogP contribution in [0, 0.1) is 11.8 Å². The number of likely N-dealkylation sites (tertiary alicyclic amines) is 1. The third-order valence-corrected chi connectivity index (χ3v) is 5.58. The van der Waals surface area contributed by atoms with E-state index >= 15 is 0 Å². The summed E-state index contributed by atoms with van der Waals surface area (Å²) in [6.07, 6.45) is 2.76. The Bertz CT molecular complexity index is 646. The second kappa shape index (κ2) is 7.56. The SMILES string of the molecule is CC1CC(CO)CN(C(=O)C(=O)NC2CCC(C)c3ccccc32)C1. The minimum atomic E-state index is -0.528. The van der Waals surface area contributed by atoms with E-state index in [2.05, 4.69) is 25.2 Å². The van der Waals surface area contributed by atoms with Crippen LogP contribution in [-0.2, 0) is 9.59 Å². The maximum absolute atomic E-state index is 12.6. The lowest BCUT2D eigenvalue weighted by atomic mass is 9.81. The van der Waals surface area contributed by atoms with Gasteiger partial charge in [0.2, 0.25) is 0 Å². The first-order valence-corrected chi connectivity index (χ1v) is 9.29. The van der Waals surface area contributed by atoms with Crippen molar-refractivity contribution in [2.24, 2.45) is 11.8 Å². The number of aliphatic hydroxyl groups excluding tert-OH is 1. The highest BCUT2D eigenvalue weighted by atomic mass is 16.3. The minimum absolute atomic E-state index is 0.0592. The van der Waals surface area contributed by atoms with Crippen molar-refractivity contribution in [2.75, 3.05) is 19.7 Å². The number of amides is 2. The van der Waals surface area contributed by atoms with Gasteiger partial charge in [-0.25, -0.2) is 0 Å². The van der Waals surface area contributed by atoms with E-state index in [9.17, 15) is 14.7 Å². The van der Waals surface area contributed by atoms with Gasteiger partial charge in [0.05, 0.1) is 6.04 Å². The first kappa shape index (κ1) is 17.9. The van der Waals surface area contributed by atoms with Crippen molar-refractivity contribution in [3.05, 3.63) is 35.4 Å². The highest BCUT2D eigenvalue weighted by molar-refractivity contribution is 6.35. The molecule has 1 saturated heterocycles. The average Bonchev–Trinajstić information content (AvgIpc) is 2.63. The van der Waals surface area contributed by atoms with E-state index in [0.717, 1.165) is 24.8 Å². The lowest BCUT2D eigenvalue weighted by molar-refractivity contribution is -0.148. The van der Waals surface area contributed by atoms with Gasteiger partial charge in [0, 0.05) is 19.7 Å². The van der Waals surface area contributed by atoms with E-state index in [4.69, 9.17) is 0 Å². The van der Waals surface area contributed by atoms with Gasteiger partial charge in [-0.05, 0) is 48.1 Å². The Hall–Kier alpha value is -1.88. The van der Waals surface area contributed by atoms with Crippen LogP contribution in [0.1, 0.15) is 56.2 Å². The van der Waals surface area contributed by atoms with Crippen molar-refractivity contribution in [1.29, 1.82) is 0 Å². The van der Waals surface area contributed by atoms with Gasteiger partial charge in [0.1, 0.15) is 0 Å². The van der Waals surface area contributed by atoms with Crippen molar-refractivity contribution in [3.8, 4) is 0 Å². The molecule has 0 aromatic heterocycles. The number of rotatable bonds is 2. The van der Waals surface area contributed by atoms with Gasteiger partial charge in [0.15, 0.2) is 0 Å². The summed E-state index contributed by atoms with van der Waals surface area (Å²) in [4.78, 5) is 26.7. The lowest BCUT2D eigenvalue weighted by Gasteiger charge is -2.36. The number of nitrogens with one attached hydrogen (secondary N) is 1. The predicted octanol–water partition coefficient (Wildman–Crippen LogP) is 2.22. The fourth-order valence-electron chi connectivity index (χ4n) is 4.30. The zero-order chi connectivity index (χ0) is 18.0. The van der Waals surface area contributed by atoms with Crippen molar-refractivity contribution in [2.45, 2.75) is 45.1 Å². The molecule has 2 amide bonds. The van der Waals surface area contributed by atoms with Crippen LogP contribution in [0.5, 0.6) is 0 Å². The van der Waals surface area contributed by atoms with Gasteiger partial charge in [0.25, 0.3) is 0 Å². The summed E-state index contributed by atoms with van der Waals surface area (Å²) < 4.78 is 0. The molecule has 1 heterocycles. The molecule has 1 aromatic carbocycles. The summed E-state index contributed by atoms with van der Waals surface area (Å²) >= 11 is 0. The normalized spacial score (nSPS) is 29.0. The molecule has 2 aliphatic rings. The molecule has 5 heteroatoms. The van der Waals surface area contributed by atoms with E-state index in [1.807, 2.05) is 18.2 Å². The van der Waals surface area contributed by atoms with Gasteiger partial charge >= 0.3 is 11.8 Å². The number of benzene rings is 1. The largest absolute Gasteiger partial charge is 0.396 e. The summed E-state index contributed by atoms with van der Waals surface area (Å²) in [5.74, 6) is -0.148. The van der Waals surface area contributed by atoms with E-state index in [1.165, 1.54) is 5.56 Å². The summed E-state index contributed by atoms with van der Waals surface area (Å²) in [5.41, 5.74) is 2.39. The number of nitrogens with zero attached hydrogens (tertiary/aromatic N) is 1. The fourth-order valence-corrected chi connectivity index (χ4v) is 4.30. The van der Waals surface area contributed by atoms with E-state index in [0.29, 0.717) is 24.9 Å². The molecule has 1 fully saturated rings. The van der Waals surface area contributed by atoms with Crippen molar-refractivity contribution >= 4 is 11.8 Å². The topological polar surface area (TPSA) is 69.6 Å². The summed E-state index contributed by atoms with van der Waals surface area (Å²) in [5, 5.41) is 12.4. The van der Waals surface area contributed by atoms with E-state index < -0.39 is 11.8 Å². The van der Waals surface area contributed by atoms with Crippen LogP contribution in [-0.4, -0.2) is 41.5 Å². The number of aliphatic hydroxyl groups is 1. The number of hydrogen-bond acceptors (Lipinski definition) is 3. The zero-order valence-corrected chi connectivity index (χ0v) is 15.1. The van der Waals surface area contributed by atoms with Gasteiger partial charge in [-0.3, -0.25) is 9.59 Å². The molecule has 25 heavy (non-hydrogen) atoms. The Kier molecular flexibility index (Phi) is 5.42. The molecule has 0 radical (unpaired) electrons. The number of piperidine rings is 1. The molecule has 0 spiro atoms. The standard InChI is InChI=1S/C20H28N2O3/c1-13-9-15(12-23)11-22(10-13)20(25)19(24)21-18-8-7-14(2)16-5-3-4-6-17(16)18/h3-6,13-15,18,23H,7-12H2,1-2H3,(H,21,24). The van der Waals surface area contributed by atoms with Crippen LogP contribution in [0.25, 0.3) is 0 Å². The molecule has 0 saturated carbocycles. The van der Waals surface area contributed by atoms with Crippen LogP contribution in [0.2, 0.25) is 0 Å². The molecule has 5 nitrogen and oxygen atoms in total. The molecule has 0 bridgehead atoms. The first-order valence-electron chi connectivity index (χ1n) is 9.29. The Morgan fingerprint density at radius 2 is 1.88 bits per heavy atom. The van der Waals surface area contributed by atoms with Crippen LogP contribution in [0.15, 0.2) is 24.3 Å². The number of carbonyl (C=O) groups excluding carboxylic acids is 2. The first-order chi connectivity index (χ1) is 12.0. The molecule has 1 aliphatic heterocycles. The van der Waals surface area contributed by atoms with Gasteiger partial charge in [-0.1, -0.05) is 38.1 Å². The van der Waals surface area contributed by atoms with Crippen molar-refractivity contribution in [1.82, 2.24) is 10.2 Å². The molecule has 1 aliphatic carbocycles. The van der Waals surface area contributed by atoms with Gasteiger partial charge < -0.3 is 15.3 Å². The third kappa shape index (κ3) is 3.87. The second-order valence-electron chi connectivity index (χ2n) is 7.73. The molecule has 4 atom stereocenters. The van der Waals surface area contributed by atoms with E-state index in [-0.39, 0.29) is 18.6 Å². The quantitative estimate of drug-likeness (QED) is 0.808. The molecule has 136 valence electrons.